The van der Waals surface area contributed by atoms with Gasteiger partial charge in [0, 0.05) is 12.1 Å². The number of hydrogen-bond donors (Lipinski definition) is 1. The van der Waals surface area contributed by atoms with Gasteiger partial charge in [-0.05, 0) is 23.3 Å². The maximum absolute atomic E-state index is 11.3. The fourth-order valence-corrected chi connectivity index (χ4v) is 1.93. The van der Waals surface area contributed by atoms with Crippen molar-refractivity contribution >= 4 is 5.91 Å². The van der Waals surface area contributed by atoms with Gasteiger partial charge in [-0.3, -0.25) is 4.79 Å². The Morgan fingerprint density at radius 1 is 1.21 bits per heavy atom. The predicted octanol–water partition coefficient (Wildman–Crippen LogP) is 2.85. The van der Waals surface area contributed by atoms with Gasteiger partial charge in [-0.15, -0.1) is 0 Å². The highest BCUT2D eigenvalue weighted by Gasteiger charge is 2.27. The average molecular weight is 195 g/mol. The van der Waals surface area contributed by atoms with Crippen LogP contribution in [0.15, 0.2) is 11.3 Å². The smallest absolute Gasteiger partial charge is 0.224 e. The monoisotopic (exact) mass is 195 g/mol. The second-order valence-corrected chi connectivity index (χ2v) is 5.35. The lowest BCUT2D eigenvalue weighted by molar-refractivity contribution is -0.121. The Morgan fingerprint density at radius 2 is 1.79 bits per heavy atom. The third-order valence-corrected chi connectivity index (χ3v) is 2.68. The van der Waals surface area contributed by atoms with Gasteiger partial charge >= 0.3 is 0 Å². The SMILES string of the molecule is CC(C)C1=C(C(C)(C)C)CCC(=O)N1. The van der Waals surface area contributed by atoms with Crippen LogP contribution in [0.1, 0.15) is 47.5 Å². The topological polar surface area (TPSA) is 29.1 Å². The second kappa shape index (κ2) is 3.76. The summed E-state index contributed by atoms with van der Waals surface area (Å²) in [6.45, 7) is 10.9. The molecule has 2 nitrogen and oxygen atoms in total. The third kappa shape index (κ3) is 2.37. The fourth-order valence-electron chi connectivity index (χ4n) is 1.93. The molecule has 0 spiro atoms. The first-order valence-corrected chi connectivity index (χ1v) is 5.35. The third-order valence-electron chi connectivity index (χ3n) is 2.68. The Bertz CT molecular complexity index is 269. The lowest BCUT2D eigenvalue weighted by Crippen LogP contribution is -2.33. The highest BCUT2D eigenvalue weighted by molar-refractivity contribution is 5.79. The summed E-state index contributed by atoms with van der Waals surface area (Å²) >= 11 is 0. The van der Waals surface area contributed by atoms with E-state index >= 15 is 0 Å². The zero-order chi connectivity index (χ0) is 10.9. The highest BCUT2D eigenvalue weighted by Crippen LogP contribution is 2.35. The quantitative estimate of drug-likeness (QED) is 0.685. The summed E-state index contributed by atoms with van der Waals surface area (Å²) in [5.74, 6) is 0.579. The van der Waals surface area contributed by atoms with E-state index in [1.807, 2.05) is 0 Å². The zero-order valence-electron chi connectivity index (χ0n) is 9.90. The van der Waals surface area contributed by atoms with E-state index in [2.05, 4.69) is 39.9 Å². The van der Waals surface area contributed by atoms with E-state index < -0.39 is 0 Å². The van der Waals surface area contributed by atoms with Crippen LogP contribution < -0.4 is 5.32 Å². The molecule has 14 heavy (non-hydrogen) atoms. The van der Waals surface area contributed by atoms with E-state index in [0.717, 1.165) is 12.1 Å². The lowest BCUT2D eigenvalue weighted by atomic mass is 9.79. The Morgan fingerprint density at radius 3 is 2.21 bits per heavy atom. The van der Waals surface area contributed by atoms with Gasteiger partial charge in [-0.25, -0.2) is 0 Å². The van der Waals surface area contributed by atoms with Crippen molar-refractivity contribution in [2.45, 2.75) is 47.5 Å². The first-order chi connectivity index (χ1) is 6.32. The summed E-state index contributed by atoms with van der Waals surface area (Å²) in [7, 11) is 0. The van der Waals surface area contributed by atoms with Crippen molar-refractivity contribution in [3.8, 4) is 0 Å². The zero-order valence-corrected chi connectivity index (χ0v) is 9.90. The summed E-state index contributed by atoms with van der Waals surface area (Å²) < 4.78 is 0. The second-order valence-electron chi connectivity index (χ2n) is 5.35. The van der Waals surface area contributed by atoms with Crippen molar-refractivity contribution in [3.63, 3.8) is 0 Å². The molecule has 0 unspecified atom stereocenters. The molecule has 1 aliphatic heterocycles. The molecule has 0 saturated heterocycles. The molecule has 1 amide bonds. The molecule has 1 rings (SSSR count). The van der Waals surface area contributed by atoms with Gasteiger partial charge in [-0.2, -0.15) is 0 Å². The molecular weight excluding hydrogens is 174 g/mol. The Kier molecular flexibility index (Phi) is 3.03. The number of carbonyl (C=O) groups is 1. The van der Waals surface area contributed by atoms with Crippen LogP contribution in [-0.4, -0.2) is 5.91 Å². The molecule has 1 aliphatic rings. The molecule has 80 valence electrons. The molecule has 0 aromatic carbocycles. The molecule has 2 heteroatoms. The van der Waals surface area contributed by atoms with Gasteiger partial charge < -0.3 is 5.32 Å². The maximum atomic E-state index is 11.3. The van der Waals surface area contributed by atoms with Crippen LogP contribution in [-0.2, 0) is 4.79 Å². The number of carbonyl (C=O) groups excluding carboxylic acids is 1. The van der Waals surface area contributed by atoms with Crippen molar-refractivity contribution in [1.29, 1.82) is 0 Å². The van der Waals surface area contributed by atoms with Crippen molar-refractivity contribution in [2.75, 3.05) is 0 Å². The van der Waals surface area contributed by atoms with E-state index in [9.17, 15) is 4.79 Å². The van der Waals surface area contributed by atoms with Crippen molar-refractivity contribution in [2.24, 2.45) is 11.3 Å². The van der Waals surface area contributed by atoms with Gasteiger partial charge in [0.2, 0.25) is 5.91 Å². The maximum Gasteiger partial charge on any atom is 0.224 e. The molecule has 0 fully saturated rings. The summed E-state index contributed by atoms with van der Waals surface area (Å²) in [6.07, 6.45) is 1.56. The number of amides is 1. The van der Waals surface area contributed by atoms with Gasteiger partial charge in [0.05, 0.1) is 0 Å². The largest absolute Gasteiger partial charge is 0.330 e. The van der Waals surface area contributed by atoms with Crippen LogP contribution in [0.25, 0.3) is 0 Å². The number of rotatable bonds is 1. The van der Waals surface area contributed by atoms with Gasteiger partial charge in [0.1, 0.15) is 0 Å². The van der Waals surface area contributed by atoms with Crippen LogP contribution in [0.5, 0.6) is 0 Å². The lowest BCUT2D eigenvalue weighted by Gasteiger charge is -2.32. The molecule has 0 aliphatic carbocycles. The first kappa shape index (κ1) is 11.3. The van der Waals surface area contributed by atoms with E-state index in [0.29, 0.717) is 12.3 Å². The molecule has 1 heterocycles. The van der Waals surface area contributed by atoms with Gasteiger partial charge in [-0.1, -0.05) is 34.6 Å². The van der Waals surface area contributed by atoms with Crippen LogP contribution >= 0.6 is 0 Å². The summed E-state index contributed by atoms with van der Waals surface area (Å²) in [5.41, 5.74) is 2.73. The molecule has 0 saturated carbocycles. The molecular formula is C12H21NO. The minimum atomic E-state index is 0.168. The molecule has 0 radical (unpaired) electrons. The minimum absolute atomic E-state index is 0.168. The Balaban J connectivity index is 3.06. The van der Waals surface area contributed by atoms with Gasteiger partial charge in [0.25, 0.3) is 0 Å². The normalized spacial score (nSPS) is 18.9. The molecule has 0 aromatic rings. The van der Waals surface area contributed by atoms with Gasteiger partial charge in [0.15, 0.2) is 0 Å². The molecule has 0 bridgehead atoms. The van der Waals surface area contributed by atoms with Crippen LogP contribution in [0, 0.1) is 11.3 Å². The summed E-state index contributed by atoms with van der Waals surface area (Å²) in [6, 6.07) is 0. The van der Waals surface area contributed by atoms with Crippen LogP contribution in [0.3, 0.4) is 0 Å². The van der Waals surface area contributed by atoms with Crippen molar-refractivity contribution in [1.82, 2.24) is 5.32 Å². The average Bonchev–Trinajstić information content (AvgIpc) is 2.01. The number of nitrogens with one attached hydrogen (secondary N) is 1. The van der Waals surface area contributed by atoms with Crippen LogP contribution in [0.2, 0.25) is 0 Å². The minimum Gasteiger partial charge on any atom is -0.330 e. The fraction of sp³-hybridized carbons (Fsp3) is 0.750. The standard InChI is InChI=1S/C12H21NO/c1-8(2)11-9(12(3,4)5)6-7-10(14)13-11/h8H,6-7H2,1-5H3,(H,13,14). The molecule has 0 atom stereocenters. The highest BCUT2D eigenvalue weighted by atomic mass is 16.1. The number of hydrogen-bond acceptors (Lipinski definition) is 1. The Hall–Kier alpha value is -0.790. The predicted molar refractivity (Wildman–Crippen MR) is 58.7 cm³/mol. The summed E-state index contributed by atoms with van der Waals surface area (Å²) in [5, 5.41) is 3.01. The van der Waals surface area contributed by atoms with Crippen molar-refractivity contribution < 1.29 is 4.79 Å². The first-order valence-electron chi connectivity index (χ1n) is 5.35. The molecule has 1 N–H and O–H groups in total. The Labute approximate surface area is 86.8 Å². The van der Waals surface area contributed by atoms with E-state index in [-0.39, 0.29) is 11.3 Å². The van der Waals surface area contributed by atoms with E-state index in [1.54, 1.807) is 0 Å². The molecule has 0 aromatic heterocycles. The van der Waals surface area contributed by atoms with Crippen LogP contribution in [0.4, 0.5) is 0 Å². The van der Waals surface area contributed by atoms with E-state index in [1.165, 1.54) is 5.57 Å². The summed E-state index contributed by atoms with van der Waals surface area (Å²) in [4.78, 5) is 11.3. The van der Waals surface area contributed by atoms with E-state index in [4.69, 9.17) is 0 Å². The number of allylic oxidation sites excluding steroid dienone is 2. The van der Waals surface area contributed by atoms with Crippen molar-refractivity contribution in [3.05, 3.63) is 11.3 Å².